The van der Waals surface area contributed by atoms with E-state index in [4.69, 9.17) is 50.5 Å². The highest BCUT2D eigenvalue weighted by Gasteiger charge is 2.53. The number of aryl methyl sites for hydroxylation is 1. The average Bonchev–Trinajstić information content (AvgIpc) is 3.93. The molecule has 292 valence electrons. The highest BCUT2D eigenvalue weighted by Crippen LogP contribution is 2.56. The van der Waals surface area contributed by atoms with Crippen LogP contribution in [0.1, 0.15) is 42.4 Å². The van der Waals surface area contributed by atoms with Crippen molar-refractivity contribution >= 4 is 71.4 Å². The number of carbonyl (C=O) groups excluding carboxylic acids is 1. The van der Waals surface area contributed by atoms with E-state index in [2.05, 4.69) is 35.1 Å². The van der Waals surface area contributed by atoms with E-state index in [1.54, 1.807) is 48.1 Å². The average molecular weight is 843 g/mol. The van der Waals surface area contributed by atoms with Crippen molar-refractivity contribution in [2.75, 3.05) is 31.7 Å². The summed E-state index contributed by atoms with van der Waals surface area (Å²) in [7, 11) is -2.83. The lowest BCUT2D eigenvalue weighted by molar-refractivity contribution is -0.0586. The number of anilines is 1. The van der Waals surface area contributed by atoms with Crippen LogP contribution in [0.4, 0.5) is 5.82 Å². The molecule has 8 rings (SSSR count). The molecule has 0 saturated carbocycles. The number of hydrogen-bond acceptors (Lipinski definition) is 17. The summed E-state index contributed by atoms with van der Waals surface area (Å²) in [5.74, 6) is -1.25. The Morgan fingerprint density at radius 3 is 2.62 bits per heavy atom. The third kappa shape index (κ3) is 7.43. The molecule has 1 amide bonds. The van der Waals surface area contributed by atoms with Gasteiger partial charge in [-0.1, -0.05) is 43.4 Å². The van der Waals surface area contributed by atoms with Gasteiger partial charge in [0, 0.05) is 22.0 Å². The van der Waals surface area contributed by atoms with Crippen molar-refractivity contribution in [1.82, 2.24) is 34.1 Å². The number of thiazole rings is 1. The van der Waals surface area contributed by atoms with E-state index in [1.807, 2.05) is 13.8 Å². The number of carbonyl (C=O) groups is 1. The first-order valence-corrected chi connectivity index (χ1v) is 21.9. The van der Waals surface area contributed by atoms with Gasteiger partial charge in [0.05, 0.1) is 24.7 Å². The minimum absolute atomic E-state index is 0.00959. The lowest BCUT2D eigenvalue weighted by Crippen LogP contribution is -2.32. The first-order chi connectivity index (χ1) is 27.0. The molecule has 4 aromatic heterocycles. The summed E-state index contributed by atoms with van der Waals surface area (Å²) in [6.45, 7) is 8.66. The van der Waals surface area contributed by atoms with Gasteiger partial charge in [-0.25, -0.2) is 31.5 Å². The summed E-state index contributed by atoms with van der Waals surface area (Å²) in [5, 5.41) is 2.76. The van der Waals surface area contributed by atoms with Crippen molar-refractivity contribution in [2.24, 2.45) is 11.8 Å². The molecule has 1 aromatic carbocycles. The first-order valence-electron chi connectivity index (χ1n) is 17.4. The minimum Gasteiger partial charge on any atom is -0.349 e. The maximum atomic E-state index is 13.7. The van der Waals surface area contributed by atoms with Crippen molar-refractivity contribution in [3.8, 4) is 0 Å². The summed E-state index contributed by atoms with van der Waals surface area (Å²) in [6.07, 6.45) is -1.02. The maximum Gasteiger partial charge on any atom is 0.697 e. The second-order valence-electron chi connectivity index (χ2n) is 13.2. The van der Waals surface area contributed by atoms with Crippen LogP contribution in [0.3, 0.4) is 0 Å². The van der Waals surface area contributed by atoms with Crippen molar-refractivity contribution in [2.45, 2.75) is 57.6 Å². The SMILES string of the molecule is [C-]#[N+]CCOP1(=S)OC[C@H]2O[C@@H](n3c(=O)sc4c(NC(=O)c5ccccc5)ncnc43)[C@H](O[P+](=O)OC[C@H]3O[C@@H](n4cnc5c(C)ncnc54)[C@H](C)[C@@H]3O1)[C@@H]2C. The van der Waals surface area contributed by atoms with Crippen molar-refractivity contribution < 1.29 is 41.5 Å². The molecule has 0 radical (unpaired) electrons. The zero-order chi connectivity index (χ0) is 39.1. The number of benzene rings is 1. The quantitative estimate of drug-likeness (QED) is 0.131. The minimum atomic E-state index is -3.64. The van der Waals surface area contributed by atoms with Gasteiger partial charge < -0.3 is 33.2 Å². The second-order valence-corrected chi connectivity index (χ2v) is 18.0. The van der Waals surface area contributed by atoms with Crippen LogP contribution >= 0.6 is 26.3 Å². The maximum absolute atomic E-state index is 13.7. The molecular weight excluding hydrogens is 808 g/mol. The predicted octanol–water partition coefficient (Wildman–Crippen LogP) is 4.96. The molecule has 0 aliphatic carbocycles. The number of amides is 1. The Hall–Kier alpha value is -4.03. The van der Waals surface area contributed by atoms with Crippen molar-refractivity contribution in [3.05, 3.63) is 81.7 Å². The summed E-state index contributed by atoms with van der Waals surface area (Å²) < 4.78 is 60.7. The Morgan fingerprint density at radius 2 is 1.82 bits per heavy atom. The fourth-order valence-electron chi connectivity index (χ4n) is 6.86. The van der Waals surface area contributed by atoms with Crippen LogP contribution in [0.5, 0.6) is 0 Å². The number of imidazole rings is 1. The Morgan fingerprint density at radius 1 is 1.05 bits per heavy atom. The Bertz CT molecular complexity index is 2450. The fraction of sp³-hybridized carbons (Fsp3) is 0.455. The standard InChI is InChI=1S/C33H33N9O10P2S2/c1-17-21-13-48-54(55,47-11-10-34-4)52-24-18(2)31(41-16-39-23-19(3)35-14-37-28(23)41)50-22(24)12-46-53(45)51-25(17)32(49-21)42-29-26(56-33(42)44)27(36-15-38-29)40-30(43)20-8-6-5-7-9-20/h5-9,14-18,21-22,24-25,31-32H,10-13H2,1-3H3/p+1/t17-,18-,21-,22-,24+,25-,31-,32-,54?/m1/s1. The topological polar surface area (TPSA) is 207 Å². The van der Waals surface area contributed by atoms with Crippen LogP contribution in [0.15, 0.2) is 54.1 Å². The van der Waals surface area contributed by atoms with Gasteiger partial charge in [-0.2, -0.15) is 0 Å². The molecule has 10 atom stereocenters. The van der Waals surface area contributed by atoms with Gasteiger partial charge in [0.25, 0.3) is 5.91 Å². The molecule has 7 heterocycles. The van der Waals surface area contributed by atoms with E-state index >= 15 is 0 Å². The van der Waals surface area contributed by atoms with E-state index < -0.39 is 74.5 Å². The van der Waals surface area contributed by atoms with Crippen LogP contribution in [-0.2, 0) is 48.5 Å². The summed E-state index contributed by atoms with van der Waals surface area (Å²) in [4.78, 5) is 51.3. The number of rotatable bonds is 7. The first kappa shape index (κ1) is 38.8. The molecule has 3 aliphatic heterocycles. The van der Waals surface area contributed by atoms with E-state index in [0.29, 0.717) is 27.1 Å². The normalized spacial score (nSPS) is 30.3. The highest BCUT2D eigenvalue weighted by atomic mass is 32.5. The number of hydrogen-bond donors (Lipinski definition) is 1. The van der Waals surface area contributed by atoms with Crippen LogP contribution in [0, 0.1) is 25.3 Å². The molecule has 19 nitrogen and oxygen atoms in total. The van der Waals surface area contributed by atoms with E-state index in [9.17, 15) is 14.2 Å². The molecule has 2 bridgehead atoms. The van der Waals surface area contributed by atoms with Gasteiger partial charge >= 0.3 is 19.8 Å². The number of nitrogens with one attached hydrogen (secondary N) is 1. The molecule has 3 aliphatic rings. The van der Waals surface area contributed by atoms with Crippen LogP contribution in [0.2, 0.25) is 0 Å². The van der Waals surface area contributed by atoms with Gasteiger partial charge in [-0.3, -0.25) is 18.7 Å². The lowest BCUT2D eigenvalue weighted by atomic mass is 10.0. The Balaban J connectivity index is 1.10. The highest BCUT2D eigenvalue weighted by molar-refractivity contribution is 8.07. The largest absolute Gasteiger partial charge is 0.697 e. The third-order valence-corrected chi connectivity index (χ3v) is 13.8. The molecule has 0 spiro atoms. The van der Waals surface area contributed by atoms with Crippen molar-refractivity contribution in [3.63, 3.8) is 0 Å². The van der Waals surface area contributed by atoms with Crippen LogP contribution < -0.4 is 10.2 Å². The number of aromatic nitrogens is 7. The number of nitrogens with zero attached hydrogens (tertiary/aromatic N) is 8. The fourth-order valence-corrected chi connectivity index (χ4v) is 10.8. The molecule has 2 unspecified atom stereocenters. The zero-order valence-corrected chi connectivity index (χ0v) is 33.4. The number of fused-ring (bicyclic) bond motifs is 5. The zero-order valence-electron chi connectivity index (χ0n) is 29.9. The summed E-state index contributed by atoms with van der Waals surface area (Å²) >= 11 is 6.76. The smallest absolute Gasteiger partial charge is 0.349 e. The van der Waals surface area contributed by atoms with E-state index in [-0.39, 0.29) is 37.8 Å². The number of ether oxygens (including phenoxy) is 2. The predicted molar refractivity (Wildman–Crippen MR) is 203 cm³/mol. The lowest BCUT2D eigenvalue weighted by Gasteiger charge is -2.29. The van der Waals surface area contributed by atoms with Crippen molar-refractivity contribution in [1.29, 1.82) is 0 Å². The van der Waals surface area contributed by atoms with Gasteiger partial charge in [0.1, 0.15) is 54.5 Å². The van der Waals surface area contributed by atoms with Gasteiger partial charge in [-0.05, 0) is 30.9 Å². The molecule has 23 heteroatoms. The Labute approximate surface area is 328 Å². The molecule has 5 aromatic rings. The molecular formula is C33H34N9O10P2S2+. The van der Waals surface area contributed by atoms with Gasteiger partial charge in [-0.15, -0.1) is 9.05 Å². The van der Waals surface area contributed by atoms with Crippen LogP contribution in [0.25, 0.3) is 26.4 Å². The monoisotopic (exact) mass is 842 g/mol. The molecule has 1 N–H and O–H groups in total. The third-order valence-electron chi connectivity index (χ3n) is 9.74. The summed E-state index contributed by atoms with van der Waals surface area (Å²) in [6, 6.07) is 8.55. The Kier molecular flexibility index (Phi) is 11.1. The summed E-state index contributed by atoms with van der Waals surface area (Å²) in [5.41, 5.74) is 2.40. The molecule has 56 heavy (non-hydrogen) atoms. The van der Waals surface area contributed by atoms with Crippen LogP contribution in [-0.4, -0.2) is 90.7 Å². The molecule has 3 fully saturated rings. The van der Waals surface area contributed by atoms with Gasteiger partial charge in [0.15, 0.2) is 29.4 Å². The van der Waals surface area contributed by atoms with E-state index in [1.165, 1.54) is 17.2 Å². The van der Waals surface area contributed by atoms with Gasteiger partial charge in [0.2, 0.25) is 6.54 Å². The molecule has 3 saturated heterocycles. The van der Waals surface area contributed by atoms with E-state index in [0.717, 1.165) is 11.3 Å². The second kappa shape index (κ2) is 16.1.